The molecule has 3 aromatic rings. The van der Waals surface area contributed by atoms with E-state index in [0.717, 1.165) is 54.9 Å². The van der Waals surface area contributed by atoms with Crippen molar-refractivity contribution >= 4 is 22.6 Å². The van der Waals surface area contributed by atoms with E-state index >= 15 is 0 Å². The van der Waals surface area contributed by atoms with Gasteiger partial charge < -0.3 is 14.8 Å². The Morgan fingerprint density at radius 2 is 1.74 bits per heavy atom. The highest BCUT2D eigenvalue weighted by molar-refractivity contribution is 5.78. The van der Waals surface area contributed by atoms with Crippen LogP contribution in [0.25, 0.3) is 11.0 Å². The minimum Gasteiger partial charge on any atom is -0.367 e. The first-order valence-corrected chi connectivity index (χ1v) is 11.8. The lowest BCUT2D eigenvalue weighted by molar-refractivity contribution is -0.121. The van der Waals surface area contributed by atoms with E-state index in [-0.39, 0.29) is 23.7 Å². The van der Waals surface area contributed by atoms with Crippen LogP contribution >= 0.6 is 0 Å². The van der Waals surface area contributed by atoms with Gasteiger partial charge in [0.2, 0.25) is 5.91 Å². The maximum Gasteiger partial charge on any atom is 0.272 e. The zero-order chi connectivity index (χ0) is 24.2. The van der Waals surface area contributed by atoms with Crippen molar-refractivity contribution < 1.29 is 9.18 Å². The van der Waals surface area contributed by atoms with Crippen LogP contribution in [0.5, 0.6) is 0 Å². The van der Waals surface area contributed by atoms with Gasteiger partial charge in [0.25, 0.3) is 5.56 Å². The first-order chi connectivity index (χ1) is 16.3. The molecule has 0 saturated carbocycles. The van der Waals surface area contributed by atoms with Crippen molar-refractivity contribution in [3.05, 3.63) is 69.4 Å². The smallest absolute Gasteiger partial charge is 0.272 e. The lowest BCUT2D eigenvalue weighted by atomic mass is 10.1. The van der Waals surface area contributed by atoms with Crippen molar-refractivity contribution in [1.82, 2.24) is 19.8 Å². The predicted molar refractivity (Wildman–Crippen MR) is 133 cm³/mol. The molecule has 0 spiro atoms. The first-order valence-electron chi connectivity index (χ1n) is 11.8. The first kappa shape index (κ1) is 23.9. The molecule has 34 heavy (non-hydrogen) atoms. The lowest BCUT2D eigenvalue weighted by Gasteiger charge is -2.36. The monoisotopic (exact) mass is 465 g/mol. The van der Waals surface area contributed by atoms with Crippen LogP contribution in [0.4, 0.5) is 10.1 Å². The Balaban J connectivity index is 1.27. The van der Waals surface area contributed by atoms with E-state index in [1.165, 1.54) is 6.07 Å². The van der Waals surface area contributed by atoms with Gasteiger partial charge in [0.15, 0.2) is 0 Å². The number of piperazine rings is 1. The molecule has 1 aliphatic heterocycles. The average Bonchev–Trinajstić information content (AvgIpc) is 2.82. The van der Waals surface area contributed by atoms with Gasteiger partial charge in [0, 0.05) is 52.2 Å². The Morgan fingerprint density at radius 3 is 2.47 bits per heavy atom. The van der Waals surface area contributed by atoms with Gasteiger partial charge in [0.05, 0.1) is 16.7 Å². The van der Waals surface area contributed by atoms with Crippen molar-refractivity contribution in [2.45, 2.75) is 33.7 Å². The molecule has 1 aromatic heterocycles. The molecule has 0 aliphatic carbocycles. The van der Waals surface area contributed by atoms with Gasteiger partial charge >= 0.3 is 0 Å². The molecule has 0 bridgehead atoms. The molecule has 0 unspecified atom stereocenters. The molecule has 1 N–H and O–H groups in total. The summed E-state index contributed by atoms with van der Waals surface area (Å²) >= 11 is 0. The number of hydrogen-bond acceptors (Lipinski definition) is 5. The topological polar surface area (TPSA) is 70.5 Å². The van der Waals surface area contributed by atoms with E-state index in [9.17, 15) is 14.0 Å². The zero-order valence-electron chi connectivity index (χ0n) is 20.1. The molecule has 1 amide bonds. The molecular formula is C26H32FN5O2. The number of aryl methyl sites for hydroxylation is 4. The Hall–Kier alpha value is -3.26. The number of fused-ring (bicyclic) bond motifs is 1. The van der Waals surface area contributed by atoms with Gasteiger partial charge in [-0.2, -0.15) is 0 Å². The summed E-state index contributed by atoms with van der Waals surface area (Å²) in [5, 5.41) is 2.97. The van der Waals surface area contributed by atoms with E-state index in [1.807, 2.05) is 38.1 Å². The maximum atomic E-state index is 14.0. The number of amides is 1. The predicted octanol–water partition coefficient (Wildman–Crippen LogP) is 2.79. The normalized spacial score (nSPS) is 14.5. The Kier molecular flexibility index (Phi) is 7.26. The molecule has 4 rings (SSSR count). The fourth-order valence-corrected chi connectivity index (χ4v) is 4.42. The van der Waals surface area contributed by atoms with E-state index < -0.39 is 0 Å². The van der Waals surface area contributed by atoms with E-state index in [4.69, 9.17) is 0 Å². The van der Waals surface area contributed by atoms with Crippen molar-refractivity contribution in [1.29, 1.82) is 0 Å². The lowest BCUT2D eigenvalue weighted by Crippen LogP contribution is -2.48. The molecule has 1 aliphatic rings. The molecule has 7 nitrogen and oxygen atoms in total. The van der Waals surface area contributed by atoms with Gasteiger partial charge in [0.1, 0.15) is 11.5 Å². The minimum absolute atomic E-state index is 0.0802. The number of rotatable bonds is 7. The molecule has 0 radical (unpaired) electrons. The van der Waals surface area contributed by atoms with Crippen molar-refractivity contribution in [3.8, 4) is 0 Å². The fraction of sp³-hybridized carbons (Fsp3) is 0.423. The number of hydrogen-bond donors (Lipinski definition) is 1. The van der Waals surface area contributed by atoms with Crippen LogP contribution in [0, 0.1) is 26.6 Å². The number of carbonyl (C=O) groups excluding carboxylic acids is 1. The number of nitrogens with one attached hydrogen (secondary N) is 1. The highest BCUT2D eigenvalue weighted by Gasteiger charge is 2.19. The van der Waals surface area contributed by atoms with Gasteiger partial charge in [-0.05, 0) is 56.2 Å². The number of benzene rings is 2. The number of aromatic nitrogens is 2. The number of halogens is 1. The van der Waals surface area contributed by atoms with E-state index in [0.29, 0.717) is 24.5 Å². The van der Waals surface area contributed by atoms with Crippen LogP contribution in [0.1, 0.15) is 23.2 Å². The maximum absolute atomic E-state index is 14.0. The SMILES string of the molecule is Cc1cc2nc(C)c(=O)n(CCC(=O)NCCN3CCN(c4ccccc4F)CC3)c2cc1C. The van der Waals surface area contributed by atoms with Crippen LogP contribution < -0.4 is 15.8 Å². The molecule has 1 saturated heterocycles. The quantitative estimate of drug-likeness (QED) is 0.581. The summed E-state index contributed by atoms with van der Waals surface area (Å²) in [5.74, 6) is -0.270. The molecule has 1 fully saturated rings. The minimum atomic E-state index is -0.190. The molecule has 180 valence electrons. The van der Waals surface area contributed by atoms with Crippen LogP contribution in [-0.2, 0) is 11.3 Å². The van der Waals surface area contributed by atoms with Gasteiger partial charge in [-0.25, -0.2) is 9.37 Å². The summed E-state index contributed by atoms with van der Waals surface area (Å²) in [6.45, 7) is 10.5. The largest absolute Gasteiger partial charge is 0.367 e. The van der Waals surface area contributed by atoms with Crippen molar-refractivity contribution in [2.75, 3.05) is 44.2 Å². The summed E-state index contributed by atoms with van der Waals surface area (Å²) in [6, 6.07) is 10.8. The van der Waals surface area contributed by atoms with Crippen molar-refractivity contribution in [3.63, 3.8) is 0 Å². The highest BCUT2D eigenvalue weighted by Crippen LogP contribution is 2.20. The molecule has 2 heterocycles. The summed E-state index contributed by atoms with van der Waals surface area (Å²) in [7, 11) is 0. The van der Waals surface area contributed by atoms with Crippen LogP contribution in [-0.4, -0.2) is 59.6 Å². The molecule has 8 heteroatoms. The van der Waals surface area contributed by atoms with Crippen LogP contribution in [0.15, 0.2) is 41.2 Å². The number of nitrogens with zero attached hydrogens (tertiary/aromatic N) is 4. The highest BCUT2D eigenvalue weighted by atomic mass is 19.1. The van der Waals surface area contributed by atoms with Gasteiger partial charge in [-0.15, -0.1) is 0 Å². The second-order valence-electron chi connectivity index (χ2n) is 8.96. The van der Waals surface area contributed by atoms with Crippen molar-refractivity contribution in [2.24, 2.45) is 0 Å². The summed E-state index contributed by atoms with van der Waals surface area (Å²) < 4.78 is 15.7. The second-order valence-corrected chi connectivity index (χ2v) is 8.96. The average molecular weight is 466 g/mol. The third kappa shape index (κ3) is 5.28. The fourth-order valence-electron chi connectivity index (χ4n) is 4.42. The zero-order valence-corrected chi connectivity index (χ0v) is 20.1. The number of carbonyl (C=O) groups is 1. The number of anilines is 1. The van der Waals surface area contributed by atoms with Crippen LogP contribution in [0.3, 0.4) is 0 Å². The summed E-state index contributed by atoms with van der Waals surface area (Å²) in [5.41, 5.74) is 4.68. The molecular weight excluding hydrogens is 433 g/mol. The number of para-hydroxylation sites is 1. The standard InChI is InChI=1S/C26H32FN5O2/c1-18-16-22-24(17-19(18)2)32(26(34)20(3)29-22)10-8-25(33)28-9-11-30-12-14-31(15-13-30)23-7-5-4-6-21(23)27/h4-7,16-17H,8-15H2,1-3H3,(H,28,33). The van der Waals surface area contributed by atoms with Gasteiger partial charge in [-0.3, -0.25) is 14.5 Å². The third-order valence-electron chi connectivity index (χ3n) is 6.60. The summed E-state index contributed by atoms with van der Waals surface area (Å²) in [6.07, 6.45) is 0.229. The molecule has 2 aromatic carbocycles. The van der Waals surface area contributed by atoms with Gasteiger partial charge in [-0.1, -0.05) is 12.1 Å². The van der Waals surface area contributed by atoms with E-state index in [1.54, 1.807) is 17.6 Å². The Morgan fingerprint density at radius 1 is 1.03 bits per heavy atom. The Bertz CT molecular complexity index is 1250. The third-order valence-corrected chi connectivity index (χ3v) is 6.60. The van der Waals surface area contributed by atoms with E-state index in [2.05, 4.69) is 20.1 Å². The summed E-state index contributed by atoms with van der Waals surface area (Å²) in [4.78, 5) is 33.9. The Labute approximate surface area is 199 Å². The molecule has 0 atom stereocenters. The second kappa shape index (κ2) is 10.3. The van der Waals surface area contributed by atoms with Crippen LogP contribution in [0.2, 0.25) is 0 Å².